The Morgan fingerprint density at radius 1 is 1.17 bits per heavy atom. The largest absolute Gasteiger partial charge is 0.490 e. The van der Waals surface area contributed by atoms with Crippen LogP contribution in [0.1, 0.15) is 24.6 Å². The van der Waals surface area contributed by atoms with E-state index in [-0.39, 0.29) is 12.5 Å². The van der Waals surface area contributed by atoms with Crippen molar-refractivity contribution >= 4 is 17.2 Å². The second kappa shape index (κ2) is 7.51. The van der Waals surface area contributed by atoms with Crippen molar-refractivity contribution in [3.8, 4) is 11.5 Å². The van der Waals surface area contributed by atoms with Crippen molar-refractivity contribution in [3.05, 3.63) is 46.7 Å². The Bertz CT molecular complexity index is 637. The Hall–Kier alpha value is -2.01. The van der Waals surface area contributed by atoms with Crippen molar-refractivity contribution in [2.75, 3.05) is 13.2 Å². The zero-order valence-corrected chi connectivity index (χ0v) is 14.1. The van der Waals surface area contributed by atoms with Crippen LogP contribution in [-0.4, -0.2) is 30.1 Å². The van der Waals surface area contributed by atoms with Crippen molar-refractivity contribution < 1.29 is 14.3 Å². The quantitative estimate of drug-likeness (QED) is 0.740. The second-order valence-electron chi connectivity index (χ2n) is 5.50. The number of amides is 1. The number of carbonyl (C=O) groups is 1. The molecule has 1 aromatic carbocycles. The fourth-order valence-corrected chi connectivity index (χ4v) is 3.15. The standard InChI is InChI=1S/C18H21NO3S/c1-2-21-16-7-3-4-8-17(16)22-13-18(20)19(14-9-10-14)12-15-6-5-11-23-15/h3-8,11,14H,2,9-10,12-13H2,1H3. The highest BCUT2D eigenvalue weighted by atomic mass is 32.1. The molecule has 5 heteroatoms. The molecule has 122 valence electrons. The third kappa shape index (κ3) is 4.26. The van der Waals surface area contributed by atoms with Crippen molar-refractivity contribution in [2.24, 2.45) is 0 Å². The molecule has 0 atom stereocenters. The SMILES string of the molecule is CCOc1ccccc1OCC(=O)N(Cc1cccs1)C1CC1. The third-order valence-corrected chi connectivity index (χ3v) is 4.58. The minimum Gasteiger partial charge on any atom is -0.490 e. The van der Waals surface area contributed by atoms with Gasteiger partial charge in [-0.2, -0.15) is 0 Å². The Kier molecular flexibility index (Phi) is 5.18. The number of ether oxygens (including phenoxy) is 2. The molecule has 3 rings (SSSR count). The lowest BCUT2D eigenvalue weighted by atomic mass is 10.3. The highest BCUT2D eigenvalue weighted by Crippen LogP contribution is 2.30. The molecule has 23 heavy (non-hydrogen) atoms. The van der Waals surface area contributed by atoms with E-state index in [0.717, 1.165) is 12.8 Å². The summed E-state index contributed by atoms with van der Waals surface area (Å²) in [6.45, 7) is 3.22. The highest BCUT2D eigenvalue weighted by molar-refractivity contribution is 7.09. The van der Waals surface area contributed by atoms with Gasteiger partial charge in [-0.3, -0.25) is 4.79 Å². The number of hydrogen-bond acceptors (Lipinski definition) is 4. The molecular weight excluding hydrogens is 310 g/mol. The van der Waals surface area contributed by atoms with Gasteiger partial charge in [-0.05, 0) is 43.3 Å². The summed E-state index contributed by atoms with van der Waals surface area (Å²) >= 11 is 1.68. The molecule has 0 aliphatic heterocycles. The molecule has 1 aromatic heterocycles. The average Bonchev–Trinajstić information content (AvgIpc) is 3.28. The molecule has 1 aliphatic carbocycles. The van der Waals surface area contributed by atoms with Crippen LogP contribution in [0.15, 0.2) is 41.8 Å². The predicted octanol–water partition coefficient (Wildman–Crippen LogP) is 3.72. The molecule has 0 spiro atoms. The zero-order chi connectivity index (χ0) is 16.1. The van der Waals surface area contributed by atoms with Crippen LogP contribution in [0, 0.1) is 0 Å². The lowest BCUT2D eigenvalue weighted by Gasteiger charge is -2.22. The zero-order valence-electron chi connectivity index (χ0n) is 13.2. The van der Waals surface area contributed by atoms with Gasteiger partial charge in [0, 0.05) is 10.9 Å². The summed E-state index contributed by atoms with van der Waals surface area (Å²) in [7, 11) is 0. The topological polar surface area (TPSA) is 38.8 Å². The molecule has 0 N–H and O–H groups in total. The van der Waals surface area contributed by atoms with Gasteiger partial charge in [-0.25, -0.2) is 0 Å². The molecule has 4 nitrogen and oxygen atoms in total. The number of thiophene rings is 1. The molecule has 0 bridgehead atoms. The van der Waals surface area contributed by atoms with Gasteiger partial charge in [0.15, 0.2) is 18.1 Å². The van der Waals surface area contributed by atoms with E-state index in [0.29, 0.717) is 30.7 Å². The van der Waals surface area contributed by atoms with E-state index in [1.165, 1.54) is 4.88 Å². The molecule has 2 aromatic rings. The Morgan fingerprint density at radius 3 is 2.52 bits per heavy atom. The van der Waals surface area contributed by atoms with Crippen LogP contribution in [-0.2, 0) is 11.3 Å². The van der Waals surface area contributed by atoms with Crippen LogP contribution in [0.3, 0.4) is 0 Å². The number of para-hydroxylation sites is 2. The number of carbonyl (C=O) groups excluding carboxylic acids is 1. The van der Waals surface area contributed by atoms with Gasteiger partial charge in [-0.1, -0.05) is 18.2 Å². The van der Waals surface area contributed by atoms with Crippen molar-refractivity contribution in [1.29, 1.82) is 0 Å². The molecule has 1 amide bonds. The van der Waals surface area contributed by atoms with Gasteiger partial charge in [0.1, 0.15) is 0 Å². The summed E-state index contributed by atoms with van der Waals surface area (Å²) < 4.78 is 11.2. The Balaban J connectivity index is 1.61. The number of benzene rings is 1. The van der Waals surface area contributed by atoms with Crippen LogP contribution >= 0.6 is 11.3 Å². The molecule has 1 aliphatic rings. The molecule has 0 radical (unpaired) electrons. The van der Waals surface area contributed by atoms with Crippen molar-refractivity contribution in [2.45, 2.75) is 32.4 Å². The van der Waals surface area contributed by atoms with Gasteiger partial charge >= 0.3 is 0 Å². The summed E-state index contributed by atoms with van der Waals surface area (Å²) in [5.74, 6) is 1.33. The first-order valence-corrected chi connectivity index (χ1v) is 8.82. The fraction of sp³-hybridized carbons (Fsp3) is 0.389. The van der Waals surface area contributed by atoms with E-state index in [1.54, 1.807) is 11.3 Å². The molecular formula is C18H21NO3S. The molecule has 1 saturated carbocycles. The van der Waals surface area contributed by atoms with E-state index in [4.69, 9.17) is 9.47 Å². The van der Waals surface area contributed by atoms with Crippen LogP contribution in [0.4, 0.5) is 0 Å². The monoisotopic (exact) mass is 331 g/mol. The van der Waals surface area contributed by atoms with Gasteiger partial charge in [0.2, 0.25) is 0 Å². The lowest BCUT2D eigenvalue weighted by Crippen LogP contribution is -2.36. The van der Waals surface area contributed by atoms with Gasteiger partial charge < -0.3 is 14.4 Å². The normalized spacial score (nSPS) is 13.6. The van der Waals surface area contributed by atoms with Gasteiger partial charge in [0.25, 0.3) is 5.91 Å². The molecule has 0 saturated heterocycles. The number of nitrogens with zero attached hydrogens (tertiary/aromatic N) is 1. The van der Waals surface area contributed by atoms with Crippen LogP contribution in [0.5, 0.6) is 11.5 Å². The first-order valence-electron chi connectivity index (χ1n) is 7.94. The number of hydrogen-bond donors (Lipinski definition) is 0. The van der Waals surface area contributed by atoms with Crippen molar-refractivity contribution in [3.63, 3.8) is 0 Å². The maximum absolute atomic E-state index is 12.6. The average molecular weight is 331 g/mol. The summed E-state index contributed by atoms with van der Waals surface area (Å²) in [5, 5.41) is 2.04. The van der Waals surface area contributed by atoms with E-state index >= 15 is 0 Å². The van der Waals surface area contributed by atoms with Crippen LogP contribution < -0.4 is 9.47 Å². The first kappa shape index (κ1) is 15.9. The molecule has 1 fully saturated rings. The predicted molar refractivity (Wildman–Crippen MR) is 91.0 cm³/mol. The maximum Gasteiger partial charge on any atom is 0.261 e. The van der Waals surface area contributed by atoms with E-state index in [9.17, 15) is 4.79 Å². The minimum absolute atomic E-state index is 0.0344. The van der Waals surface area contributed by atoms with E-state index in [2.05, 4.69) is 6.07 Å². The fourth-order valence-electron chi connectivity index (χ4n) is 2.44. The third-order valence-electron chi connectivity index (χ3n) is 3.71. The summed E-state index contributed by atoms with van der Waals surface area (Å²) in [4.78, 5) is 15.7. The first-order chi connectivity index (χ1) is 11.3. The second-order valence-corrected chi connectivity index (χ2v) is 6.53. The highest BCUT2D eigenvalue weighted by Gasteiger charge is 2.32. The maximum atomic E-state index is 12.6. The van der Waals surface area contributed by atoms with Gasteiger partial charge in [0.05, 0.1) is 13.2 Å². The smallest absolute Gasteiger partial charge is 0.261 e. The van der Waals surface area contributed by atoms with Crippen molar-refractivity contribution in [1.82, 2.24) is 4.90 Å². The van der Waals surface area contributed by atoms with E-state index < -0.39 is 0 Å². The molecule has 0 unspecified atom stereocenters. The van der Waals surface area contributed by atoms with Gasteiger partial charge in [-0.15, -0.1) is 11.3 Å². The number of rotatable bonds is 8. The Labute approximate surface area is 140 Å². The van der Waals surface area contributed by atoms with Crippen LogP contribution in [0.25, 0.3) is 0 Å². The lowest BCUT2D eigenvalue weighted by molar-refractivity contribution is -0.134. The summed E-state index contributed by atoms with van der Waals surface area (Å²) in [6.07, 6.45) is 2.18. The van der Waals surface area contributed by atoms with E-state index in [1.807, 2.05) is 47.5 Å². The molecule has 1 heterocycles. The summed E-state index contributed by atoms with van der Waals surface area (Å²) in [6, 6.07) is 11.9. The minimum atomic E-state index is 0.0344. The Morgan fingerprint density at radius 2 is 1.91 bits per heavy atom. The summed E-state index contributed by atoms with van der Waals surface area (Å²) in [5.41, 5.74) is 0. The van der Waals surface area contributed by atoms with Crippen LogP contribution in [0.2, 0.25) is 0 Å².